The van der Waals surface area contributed by atoms with E-state index < -0.39 is 11.7 Å². The third-order valence-electron chi connectivity index (χ3n) is 2.55. The fraction of sp³-hybridized carbons (Fsp3) is 0.0714. The van der Waals surface area contributed by atoms with Crippen LogP contribution in [0.1, 0.15) is 15.9 Å². The van der Waals surface area contributed by atoms with Crippen molar-refractivity contribution in [2.45, 2.75) is 6.92 Å². The van der Waals surface area contributed by atoms with Crippen LogP contribution < -0.4 is 5.32 Å². The molecule has 0 spiro atoms. The van der Waals surface area contributed by atoms with E-state index in [4.69, 9.17) is 0 Å². The number of carbonyl (C=O) groups excluding carboxylic acids is 1. The Balaban J connectivity index is 2.28. The fourth-order valence-electron chi connectivity index (χ4n) is 1.59. The second-order valence-electron chi connectivity index (χ2n) is 4.06. The van der Waals surface area contributed by atoms with Gasteiger partial charge in [-0.15, -0.1) is 0 Å². The van der Waals surface area contributed by atoms with Crippen LogP contribution in [-0.2, 0) is 0 Å². The Kier molecular flexibility index (Phi) is 4.14. The van der Waals surface area contributed by atoms with Crippen molar-refractivity contribution in [3.05, 3.63) is 62.7 Å². The van der Waals surface area contributed by atoms with E-state index in [1.165, 1.54) is 30.3 Å². The topological polar surface area (TPSA) is 29.1 Å². The zero-order valence-electron chi connectivity index (χ0n) is 10.0. The van der Waals surface area contributed by atoms with Crippen LogP contribution in [0.5, 0.6) is 0 Å². The van der Waals surface area contributed by atoms with Crippen LogP contribution in [0.25, 0.3) is 0 Å². The van der Waals surface area contributed by atoms with Gasteiger partial charge in [0.2, 0.25) is 0 Å². The van der Waals surface area contributed by atoms with Crippen LogP contribution in [0.2, 0.25) is 0 Å². The molecule has 1 N–H and O–H groups in total. The van der Waals surface area contributed by atoms with Gasteiger partial charge < -0.3 is 5.32 Å². The highest BCUT2D eigenvalue weighted by atomic mass is 127. The van der Waals surface area contributed by atoms with Gasteiger partial charge in [-0.2, -0.15) is 0 Å². The van der Waals surface area contributed by atoms with E-state index in [-0.39, 0.29) is 11.4 Å². The van der Waals surface area contributed by atoms with Gasteiger partial charge in [0.1, 0.15) is 11.6 Å². The van der Waals surface area contributed by atoms with Gasteiger partial charge in [0.25, 0.3) is 5.91 Å². The first-order chi connectivity index (χ1) is 8.97. The highest BCUT2D eigenvalue weighted by Gasteiger charge is 2.13. The Bertz CT molecular complexity index is 643. The number of aryl methyl sites for hydroxylation is 1. The van der Waals surface area contributed by atoms with Crippen molar-refractivity contribution in [3.63, 3.8) is 0 Å². The van der Waals surface area contributed by atoms with Gasteiger partial charge in [-0.3, -0.25) is 4.79 Å². The molecule has 19 heavy (non-hydrogen) atoms. The molecular weight excluding hydrogens is 363 g/mol. The van der Waals surface area contributed by atoms with Gasteiger partial charge >= 0.3 is 0 Å². The molecule has 0 unspecified atom stereocenters. The van der Waals surface area contributed by atoms with Gasteiger partial charge in [0, 0.05) is 3.57 Å². The molecule has 98 valence electrons. The van der Waals surface area contributed by atoms with Crippen molar-refractivity contribution in [2.24, 2.45) is 0 Å². The van der Waals surface area contributed by atoms with Crippen LogP contribution in [0.3, 0.4) is 0 Å². The largest absolute Gasteiger partial charge is 0.321 e. The molecule has 0 fully saturated rings. The van der Waals surface area contributed by atoms with Crippen LogP contribution >= 0.6 is 22.6 Å². The Hall–Kier alpha value is -1.50. The molecule has 0 heterocycles. The Morgan fingerprint density at radius 1 is 1.16 bits per heavy atom. The van der Waals surface area contributed by atoms with Gasteiger partial charge in [-0.25, -0.2) is 8.78 Å². The molecule has 2 aromatic carbocycles. The van der Waals surface area contributed by atoms with E-state index in [1.807, 2.05) is 22.6 Å². The lowest BCUT2D eigenvalue weighted by Crippen LogP contribution is -2.14. The smallest absolute Gasteiger partial charge is 0.258 e. The van der Waals surface area contributed by atoms with E-state index in [0.29, 0.717) is 9.26 Å². The molecule has 0 saturated carbocycles. The standard InChI is InChI=1S/C14H10F2INO/c1-8-2-4-11(16)10(6-8)14(19)18-13-5-3-9(15)7-12(13)17/h2-7H,1H3,(H,18,19). The Morgan fingerprint density at radius 3 is 2.58 bits per heavy atom. The summed E-state index contributed by atoms with van der Waals surface area (Å²) in [5, 5.41) is 2.57. The summed E-state index contributed by atoms with van der Waals surface area (Å²) in [7, 11) is 0. The number of halogens is 3. The minimum absolute atomic E-state index is 0.0277. The minimum Gasteiger partial charge on any atom is -0.321 e. The number of amides is 1. The number of rotatable bonds is 2. The summed E-state index contributed by atoms with van der Waals surface area (Å²) in [6.45, 7) is 1.78. The molecule has 0 aromatic heterocycles. The van der Waals surface area contributed by atoms with E-state index in [1.54, 1.807) is 13.0 Å². The van der Waals surface area contributed by atoms with Crippen molar-refractivity contribution < 1.29 is 13.6 Å². The number of hydrogen-bond acceptors (Lipinski definition) is 1. The molecule has 2 rings (SSSR count). The zero-order chi connectivity index (χ0) is 14.0. The minimum atomic E-state index is -0.583. The van der Waals surface area contributed by atoms with Crippen LogP contribution in [-0.4, -0.2) is 5.91 Å². The number of hydrogen-bond donors (Lipinski definition) is 1. The first-order valence-corrected chi connectivity index (χ1v) is 6.58. The Labute approximate surface area is 123 Å². The average molecular weight is 373 g/mol. The van der Waals surface area contributed by atoms with Crippen LogP contribution in [0, 0.1) is 22.1 Å². The molecule has 2 nitrogen and oxygen atoms in total. The van der Waals surface area contributed by atoms with E-state index in [2.05, 4.69) is 5.32 Å². The molecule has 0 aliphatic rings. The van der Waals surface area contributed by atoms with E-state index in [0.717, 1.165) is 5.56 Å². The van der Waals surface area contributed by atoms with Gasteiger partial charge in [0.15, 0.2) is 0 Å². The number of anilines is 1. The SMILES string of the molecule is Cc1ccc(F)c(C(=O)Nc2ccc(F)cc2I)c1. The predicted molar refractivity (Wildman–Crippen MR) is 78.2 cm³/mol. The molecular formula is C14H10F2INO. The first kappa shape index (κ1) is 13.9. The number of benzene rings is 2. The highest BCUT2D eigenvalue weighted by Crippen LogP contribution is 2.20. The summed E-state index contributed by atoms with van der Waals surface area (Å²) in [5.41, 5.74) is 1.22. The lowest BCUT2D eigenvalue weighted by molar-refractivity contribution is 0.102. The maximum Gasteiger partial charge on any atom is 0.258 e. The molecule has 0 bridgehead atoms. The predicted octanol–water partition coefficient (Wildman–Crippen LogP) is 4.13. The van der Waals surface area contributed by atoms with Crippen molar-refractivity contribution in [1.82, 2.24) is 0 Å². The fourth-order valence-corrected chi connectivity index (χ4v) is 2.21. The maximum absolute atomic E-state index is 13.6. The second kappa shape index (κ2) is 5.64. The molecule has 1 amide bonds. The van der Waals surface area contributed by atoms with Crippen LogP contribution in [0.15, 0.2) is 36.4 Å². The molecule has 0 aliphatic heterocycles. The summed E-state index contributed by atoms with van der Waals surface area (Å²) in [6, 6.07) is 8.30. The monoisotopic (exact) mass is 373 g/mol. The highest BCUT2D eigenvalue weighted by molar-refractivity contribution is 14.1. The lowest BCUT2D eigenvalue weighted by Gasteiger charge is -2.08. The van der Waals surface area contributed by atoms with Gasteiger partial charge in [-0.05, 0) is 59.8 Å². The molecule has 0 saturated heterocycles. The van der Waals surface area contributed by atoms with Crippen LogP contribution in [0.4, 0.5) is 14.5 Å². The summed E-state index contributed by atoms with van der Waals surface area (Å²) in [5.74, 6) is -1.52. The summed E-state index contributed by atoms with van der Waals surface area (Å²) >= 11 is 1.91. The average Bonchev–Trinajstić information content (AvgIpc) is 2.35. The van der Waals surface area contributed by atoms with Gasteiger partial charge in [0.05, 0.1) is 11.3 Å². The number of nitrogens with one attached hydrogen (secondary N) is 1. The van der Waals surface area contributed by atoms with E-state index in [9.17, 15) is 13.6 Å². The van der Waals surface area contributed by atoms with Gasteiger partial charge in [-0.1, -0.05) is 11.6 Å². The van der Waals surface area contributed by atoms with Crippen molar-refractivity contribution >= 4 is 34.2 Å². The molecule has 0 radical (unpaired) electrons. The second-order valence-corrected chi connectivity index (χ2v) is 5.22. The molecule has 5 heteroatoms. The molecule has 0 aliphatic carbocycles. The van der Waals surface area contributed by atoms with Crippen molar-refractivity contribution in [1.29, 1.82) is 0 Å². The van der Waals surface area contributed by atoms with E-state index >= 15 is 0 Å². The quantitative estimate of drug-likeness (QED) is 0.789. The first-order valence-electron chi connectivity index (χ1n) is 5.50. The molecule has 0 atom stereocenters. The van der Waals surface area contributed by atoms with Crippen molar-refractivity contribution in [3.8, 4) is 0 Å². The maximum atomic E-state index is 13.6. The number of carbonyl (C=O) groups is 1. The normalized spacial score (nSPS) is 10.3. The molecule has 2 aromatic rings. The third kappa shape index (κ3) is 3.28. The third-order valence-corrected chi connectivity index (χ3v) is 3.44. The van der Waals surface area contributed by atoms with Crippen molar-refractivity contribution in [2.75, 3.05) is 5.32 Å². The lowest BCUT2D eigenvalue weighted by atomic mass is 10.1. The zero-order valence-corrected chi connectivity index (χ0v) is 12.2. The Morgan fingerprint density at radius 2 is 1.89 bits per heavy atom. The summed E-state index contributed by atoms with van der Waals surface area (Å²) in [4.78, 5) is 12.0. The summed E-state index contributed by atoms with van der Waals surface area (Å²) in [6.07, 6.45) is 0. The summed E-state index contributed by atoms with van der Waals surface area (Å²) < 4.78 is 27.1.